The van der Waals surface area contributed by atoms with Crippen molar-refractivity contribution >= 4 is 35.1 Å². The zero-order chi connectivity index (χ0) is 20.4. The van der Waals surface area contributed by atoms with Gasteiger partial charge in [-0.25, -0.2) is 0 Å². The molecule has 0 saturated heterocycles. The molecule has 3 aromatic rings. The van der Waals surface area contributed by atoms with Crippen LogP contribution in [0.1, 0.15) is 26.3 Å². The molecule has 0 amide bonds. The standard InChI is InChI=1S/C24H18O3S2/c1-15-7-11-17(12-8-15)28-23-21(25)19-5-3-4-6-20(19)22(26)24(23)29-18-13-9-16(27-2)10-14-18/h3-14H,1-2H3. The Bertz CT molecular complexity index is 1110. The summed E-state index contributed by atoms with van der Waals surface area (Å²) in [5, 5.41) is 0. The molecule has 1 aliphatic carbocycles. The summed E-state index contributed by atoms with van der Waals surface area (Å²) < 4.78 is 5.21. The largest absolute Gasteiger partial charge is 0.497 e. The summed E-state index contributed by atoms with van der Waals surface area (Å²) in [6.45, 7) is 2.02. The van der Waals surface area contributed by atoms with Crippen molar-refractivity contribution in [1.29, 1.82) is 0 Å². The maximum Gasteiger partial charge on any atom is 0.201 e. The van der Waals surface area contributed by atoms with E-state index in [1.165, 1.54) is 23.5 Å². The number of allylic oxidation sites excluding steroid dienone is 2. The monoisotopic (exact) mass is 418 g/mol. The van der Waals surface area contributed by atoms with Crippen molar-refractivity contribution in [3.05, 3.63) is 99.3 Å². The normalized spacial score (nSPS) is 13.4. The number of hydrogen-bond acceptors (Lipinski definition) is 5. The van der Waals surface area contributed by atoms with Gasteiger partial charge in [-0.3, -0.25) is 9.59 Å². The summed E-state index contributed by atoms with van der Waals surface area (Å²) in [6.07, 6.45) is 0. The van der Waals surface area contributed by atoms with Gasteiger partial charge < -0.3 is 4.74 Å². The molecule has 0 N–H and O–H groups in total. The van der Waals surface area contributed by atoms with Crippen LogP contribution in [0.2, 0.25) is 0 Å². The second-order valence-corrected chi connectivity index (χ2v) is 8.72. The maximum atomic E-state index is 13.3. The molecule has 0 heterocycles. The number of fused-ring (bicyclic) bond motifs is 1. The van der Waals surface area contributed by atoms with E-state index in [1.807, 2.05) is 55.5 Å². The average molecular weight is 419 g/mol. The number of methoxy groups -OCH3 is 1. The van der Waals surface area contributed by atoms with E-state index in [4.69, 9.17) is 4.74 Å². The molecule has 0 aromatic heterocycles. The van der Waals surface area contributed by atoms with Gasteiger partial charge in [0.1, 0.15) is 5.75 Å². The molecule has 3 aromatic carbocycles. The number of carbonyl (C=O) groups is 2. The number of thioether (sulfide) groups is 2. The molecule has 4 rings (SSSR count). The Morgan fingerprint density at radius 1 is 0.655 bits per heavy atom. The van der Waals surface area contributed by atoms with Gasteiger partial charge in [-0.2, -0.15) is 0 Å². The minimum Gasteiger partial charge on any atom is -0.497 e. The highest BCUT2D eigenvalue weighted by atomic mass is 32.2. The predicted molar refractivity (Wildman–Crippen MR) is 118 cm³/mol. The zero-order valence-electron chi connectivity index (χ0n) is 16.0. The second kappa shape index (κ2) is 8.31. The quantitative estimate of drug-likeness (QED) is 0.495. The van der Waals surface area contributed by atoms with Gasteiger partial charge in [-0.1, -0.05) is 65.5 Å². The third kappa shape index (κ3) is 4.02. The van der Waals surface area contributed by atoms with Crippen LogP contribution in [-0.2, 0) is 0 Å². The van der Waals surface area contributed by atoms with Gasteiger partial charge >= 0.3 is 0 Å². The Balaban J connectivity index is 1.78. The highest BCUT2D eigenvalue weighted by Gasteiger charge is 2.33. The van der Waals surface area contributed by atoms with Crippen molar-refractivity contribution in [2.45, 2.75) is 16.7 Å². The van der Waals surface area contributed by atoms with Crippen LogP contribution in [-0.4, -0.2) is 18.7 Å². The first-order chi connectivity index (χ1) is 14.1. The van der Waals surface area contributed by atoms with E-state index in [1.54, 1.807) is 31.4 Å². The molecule has 0 aliphatic heterocycles. The molecule has 5 heteroatoms. The fourth-order valence-corrected chi connectivity index (χ4v) is 5.04. The lowest BCUT2D eigenvalue weighted by Gasteiger charge is -2.20. The second-order valence-electron chi connectivity index (χ2n) is 6.55. The average Bonchev–Trinajstić information content (AvgIpc) is 2.76. The fourth-order valence-electron chi connectivity index (χ4n) is 3.00. The lowest BCUT2D eigenvalue weighted by atomic mass is 9.94. The predicted octanol–water partition coefficient (Wildman–Crippen LogP) is 6.18. The van der Waals surface area contributed by atoms with Crippen LogP contribution in [0.25, 0.3) is 0 Å². The molecule has 0 radical (unpaired) electrons. The van der Waals surface area contributed by atoms with E-state index in [2.05, 4.69) is 0 Å². The van der Waals surface area contributed by atoms with Crippen LogP contribution in [0.3, 0.4) is 0 Å². The Labute approximate surface area is 178 Å². The molecule has 1 aliphatic rings. The first-order valence-corrected chi connectivity index (χ1v) is 10.7. The van der Waals surface area contributed by atoms with Crippen LogP contribution < -0.4 is 4.74 Å². The Kier molecular flexibility index (Phi) is 5.60. The smallest absolute Gasteiger partial charge is 0.201 e. The molecule has 0 spiro atoms. The Hall–Kier alpha value is -2.76. The summed E-state index contributed by atoms with van der Waals surface area (Å²) in [7, 11) is 1.61. The molecular formula is C24H18O3S2. The first kappa shape index (κ1) is 19.6. The summed E-state index contributed by atoms with van der Waals surface area (Å²) in [6, 6.07) is 22.4. The van der Waals surface area contributed by atoms with Crippen molar-refractivity contribution in [3.63, 3.8) is 0 Å². The molecular weight excluding hydrogens is 400 g/mol. The summed E-state index contributed by atoms with van der Waals surface area (Å²) in [5.74, 6) is 0.520. The Morgan fingerprint density at radius 2 is 1.10 bits per heavy atom. The number of ether oxygens (including phenoxy) is 1. The molecule has 0 fully saturated rings. The van der Waals surface area contributed by atoms with Gasteiger partial charge in [0.15, 0.2) is 0 Å². The highest BCUT2D eigenvalue weighted by Crippen LogP contribution is 2.43. The molecule has 0 unspecified atom stereocenters. The van der Waals surface area contributed by atoms with Crippen LogP contribution in [0.5, 0.6) is 5.75 Å². The van der Waals surface area contributed by atoms with Crippen LogP contribution in [0.4, 0.5) is 0 Å². The number of ketones is 2. The van der Waals surface area contributed by atoms with E-state index >= 15 is 0 Å². The molecule has 0 bridgehead atoms. The van der Waals surface area contributed by atoms with Crippen molar-refractivity contribution in [3.8, 4) is 5.75 Å². The van der Waals surface area contributed by atoms with Gasteiger partial charge in [0.25, 0.3) is 0 Å². The van der Waals surface area contributed by atoms with Gasteiger partial charge in [-0.15, -0.1) is 0 Å². The number of Topliss-reactive ketones (excluding diaryl/α,β-unsaturated/α-hetero) is 2. The highest BCUT2D eigenvalue weighted by molar-refractivity contribution is 8.08. The van der Waals surface area contributed by atoms with Gasteiger partial charge in [-0.05, 0) is 43.3 Å². The van der Waals surface area contributed by atoms with E-state index in [0.29, 0.717) is 20.9 Å². The van der Waals surface area contributed by atoms with E-state index in [9.17, 15) is 9.59 Å². The number of rotatable bonds is 5. The molecule has 3 nitrogen and oxygen atoms in total. The lowest BCUT2D eigenvalue weighted by molar-refractivity contribution is 0.0988. The number of carbonyl (C=O) groups excluding carboxylic acids is 2. The molecule has 0 atom stereocenters. The van der Waals surface area contributed by atoms with E-state index in [-0.39, 0.29) is 11.6 Å². The summed E-state index contributed by atoms with van der Waals surface area (Å²) in [5.41, 5.74) is 2.07. The molecule has 0 saturated carbocycles. The lowest BCUT2D eigenvalue weighted by Crippen LogP contribution is -2.19. The van der Waals surface area contributed by atoms with Crippen molar-refractivity contribution in [1.82, 2.24) is 0 Å². The van der Waals surface area contributed by atoms with E-state index < -0.39 is 0 Å². The van der Waals surface area contributed by atoms with Gasteiger partial charge in [0.05, 0.1) is 16.9 Å². The fraction of sp³-hybridized carbons (Fsp3) is 0.0833. The number of hydrogen-bond donors (Lipinski definition) is 0. The van der Waals surface area contributed by atoms with E-state index in [0.717, 1.165) is 21.1 Å². The van der Waals surface area contributed by atoms with Crippen molar-refractivity contribution in [2.75, 3.05) is 7.11 Å². The van der Waals surface area contributed by atoms with Crippen molar-refractivity contribution < 1.29 is 14.3 Å². The van der Waals surface area contributed by atoms with Gasteiger partial charge in [0, 0.05) is 20.9 Å². The summed E-state index contributed by atoms with van der Waals surface area (Å²) in [4.78, 5) is 29.3. The van der Waals surface area contributed by atoms with Crippen molar-refractivity contribution in [2.24, 2.45) is 0 Å². The minimum atomic E-state index is -0.115. The summed E-state index contributed by atoms with van der Waals surface area (Å²) >= 11 is 2.67. The van der Waals surface area contributed by atoms with Gasteiger partial charge in [0.2, 0.25) is 11.6 Å². The van der Waals surface area contributed by atoms with Crippen LogP contribution in [0, 0.1) is 6.92 Å². The van der Waals surface area contributed by atoms with Crippen LogP contribution >= 0.6 is 23.5 Å². The first-order valence-electron chi connectivity index (χ1n) is 9.06. The zero-order valence-corrected chi connectivity index (χ0v) is 17.6. The topological polar surface area (TPSA) is 43.4 Å². The molecule has 144 valence electrons. The third-order valence-electron chi connectivity index (χ3n) is 4.56. The minimum absolute atomic E-state index is 0.109. The molecule has 29 heavy (non-hydrogen) atoms. The third-order valence-corrected chi connectivity index (χ3v) is 6.89. The Morgan fingerprint density at radius 3 is 1.55 bits per heavy atom. The SMILES string of the molecule is COc1ccc(SC2=C(Sc3ccc(C)cc3)C(=O)c3ccccc3C2=O)cc1. The van der Waals surface area contributed by atoms with Crippen LogP contribution in [0.15, 0.2) is 92.4 Å². The number of benzene rings is 3. The number of aryl methyl sites for hydroxylation is 1. The maximum absolute atomic E-state index is 13.3.